The maximum Gasteiger partial charge on any atom is 0.139 e. The largest absolute Gasteiger partial charge is 0.740 e. The fourth-order valence-electron chi connectivity index (χ4n) is 0.487. The predicted molar refractivity (Wildman–Crippen MR) is 40.6 cm³/mol. The fraction of sp³-hybridized carbons (Fsp3) is 0.600. The number of nitrogens with two attached hydrogens (primary N) is 2. The average Bonchev–Trinajstić information content (AvgIpc) is 1.86. The van der Waals surface area contributed by atoms with E-state index in [4.69, 9.17) is 11.5 Å². The highest BCUT2D eigenvalue weighted by molar-refractivity contribution is 7.74. The van der Waals surface area contributed by atoms with Crippen molar-refractivity contribution in [2.75, 3.05) is 6.54 Å². The number of allylic oxidation sites excluding steroid dienone is 1. The molecule has 0 spiro atoms. The van der Waals surface area contributed by atoms with Crippen molar-refractivity contribution in [3.63, 3.8) is 0 Å². The molecule has 6 heteroatoms. The first-order valence-electron chi connectivity index (χ1n) is 3.00. The van der Waals surface area contributed by atoms with Crippen molar-refractivity contribution in [2.24, 2.45) is 11.5 Å². The lowest BCUT2D eigenvalue weighted by Crippen LogP contribution is -2.10. The second kappa shape index (κ2) is 5.11. The zero-order valence-corrected chi connectivity index (χ0v) is 7.02. The third-order valence-corrected chi connectivity index (χ3v) is 1.45. The summed E-state index contributed by atoms with van der Waals surface area (Å²) in [6.07, 6.45) is 0.434. The van der Waals surface area contributed by atoms with Crippen molar-refractivity contribution < 1.29 is 12.9 Å². The maximum absolute atomic E-state index is 9.98. The minimum Gasteiger partial charge on any atom is -0.740 e. The summed E-state index contributed by atoms with van der Waals surface area (Å²) in [5, 5.41) is 0. The second-order valence-corrected chi connectivity index (χ2v) is 2.48. The van der Waals surface area contributed by atoms with Gasteiger partial charge in [0.05, 0.1) is 0 Å². The predicted octanol–water partition coefficient (Wildman–Crippen LogP) is -0.664. The monoisotopic (exact) mass is 179 g/mol. The molecule has 0 saturated carbocycles. The van der Waals surface area contributed by atoms with Gasteiger partial charge in [-0.25, -0.2) is 4.21 Å². The summed E-state index contributed by atoms with van der Waals surface area (Å²) in [6.45, 7) is 1.85. The summed E-state index contributed by atoms with van der Waals surface area (Å²) in [5.74, 6) is 0.184. The number of hydrogen-bond donors (Lipinski definition) is 2. The van der Waals surface area contributed by atoms with Crippen LogP contribution in [0.25, 0.3) is 0 Å². The highest BCUT2D eigenvalue weighted by Gasteiger charge is 1.97. The molecule has 0 amide bonds. The molecule has 0 aliphatic carbocycles. The third kappa shape index (κ3) is 4.77. The average molecular weight is 179 g/mol. The standard InChI is InChI=1S/C5H12N2O3S/c1-4(10-11(8)9)5(7)2-3-6/h2-3,6-7H2,1H3,(H,8,9)/p-1. The van der Waals surface area contributed by atoms with Crippen LogP contribution in [0, 0.1) is 0 Å². The highest BCUT2D eigenvalue weighted by Crippen LogP contribution is 2.03. The van der Waals surface area contributed by atoms with Gasteiger partial charge in [-0.15, -0.1) is 0 Å². The molecule has 11 heavy (non-hydrogen) atoms. The van der Waals surface area contributed by atoms with Crippen LogP contribution >= 0.6 is 0 Å². The van der Waals surface area contributed by atoms with Crippen LogP contribution in [0.2, 0.25) is 0 Å². The molecule has 0 saturated heterocycles. The first kappa shape index (κ1) is 10.4. The zero-order valence-electron chi connectivity index (χ0n) is 6.20. The molecule has 0 bridgehead atoms. The fourth-order valence-corrected chi connectivity index (χ4v) is 0.798. The lowest BCUT2D eigenvalue weighted by atomic mass is 10.3. The van der Waals surface area contributed by atoms with Gasteiger partial charge >= 0.3 is 0 Å². The van der Waals surface area contributed by atoms with E-state index in [1.165, 1.54) is 6.92 Å². The Morgan fingerprint density at radius 3 is 2.64 bits per heavy atom. The summed E-state index contributed by atoms with van der Waals surface area (Å²) in [4.78, 5) is 0. The zero-order chi connectivity index (χ0) is 8.85. The van der Waals surface area contributed by atoms with E-state index in [2.05, 4.69) is 4.18 Å². The summed E-state index contributed by atoms with van der Waals surface area (Å²) in [5.41, 5.74) is 10.9. The van der Waals surface area contributed by atoms with Crippen LogP contribution in [-0.4, -0.2) is 15.3 Å². The first-order chi connectivity index (χ1) is 5.07. The van der Waals surface area contributed by atoms with E-state index in [1.807, 2.05) is 0 Å². The van der Waals surface area contributed by atoms with E-state index in [0.29, 0.717) is 18.7 Å². The molecule has 1 atom stereocenters. The van der Waals surface area contributed by atoms with Gasteiger partial charge in [0.15, 0.2) is 0 Å². The third-order valence-electron chi connectivity index (χ3n) is 1.06. The van der Waals surface area contributed by atoms with Crippen molar-refractivity contribution in [3.05, 3.63) is 11.5 Å². The van der Waals surface area contributed by atoms with E-state index in [0.717, 1.165) is 0 Å². The molecule has 0 aliphatic rings. The van der Waals surface area contributed by atoms with Crippen LogP contribution in [0.3, 0.4) is 0 Å². The quantitative estimate of drug-likeness (QED) is 0.440. The minimum absolute atomic E-state index is 0.184. The van der Waals surface area contributed by atoms with E-state index in [1.54, 1.807) is 0 Å². The maximum atomic E-state index is 9.98. The normalized spacial score (nSPS) is 15.5. The molecule has 5 nitrogen and oxygen atoms in total. The summed E-state index contributed by atoms with van der Waals surface area (Å²) in [7, 11) is 0. The van der Waals surface area contributed by atoms with Crippen LogP contribution in [0.15, 0.2) is 11.5 Å². The molecule has 0 rings (SSSR count). The molecular weight excluding hydrogens is 168 g/mol. The van der Waals surface area contributed by atoms with Gasteiger partial charge < -0.3 is 20.2 Å². The Labute approximate surface area is 67.9 Å². The molecule has 0 fully saturated rings. The lowest BCUT2D eigenvalue weighted by Gasteiger charge is -2.09. The van der Waals surface area contributed by atoms with E-state index in [9.17, 15) is 8.76 Å². The van der Waals surface area contributed by atoms with Crippen LogP contribution in [0.5, 0.6) is 0 Å². The molecule has 66 valence electrons. The van der Waals surface area contributed by atoms with E-state index in [-0.39, 0.29) is 5.76 Å². The van der Waals surface area contributed by atoms with Gasteiger partial charge in [0.25, 0.3) is 0 Å². The van der Waals surface area contributed by atoms with Crippen LogP contribution in [-0.2, 0) is 15.5 Å². The SMILES string of the molecule is CC(OS(=O)[O-])=C(N)CCN. The highest BCUT2D eigenvalue weighted by atomic mass is 32.2. The van der Waals surface area contributed by atoms with Crippen molar-refractivity contribution >= 4 is 11.4 Å². The molecule has 4 N–H and O–H groups in total. The minimum atomic E-state index is -2.55. The Balaban J connectivity index is 4.04. The molecule has 0 aromatic rings. The van der Waals surface area contributed by atoms with Crippen molar-refractivity contribution in [3.8, 4) is 0 Å². The molecular formula is C5H11N2O3S-. The molecule has 1 unspecified atom stereocenters. The molecule has 0 aromatic carbocycles. The van der Waals surface area contributed by atoms with Crippen molar-refractivity contribution in [1.29, 1.82) is 0 Å². The Morgan fingerprint density at radius 2 is 2.27 bits per heavy atom. The topological polar surface area (TPSA) is 101 Å². The Hall–Kier alpha value is -0.590. The van der Waals surface area contributed by atoms with Gasteiger partial charge in [-0.3, -0.25) is 0 Å². The van der Waals surface area contributed by atoms with Gasteiger partial charge in [0.2, 0.25) is 0 Å². The summed E-state index contributed by atoms with van der Waals surface area (Å²) >= 11 is -2.55. The Morgan fingerprint density at radius 1 is 1.73 bits per heavy atom. The van der Waals surface area contributed by atoms with Crippen molar-refractivity contribution in [2.45, 2.75) is 13.3 Å². The van der Waals surface area contributed by atoms with E-state index < -0.39 is 11.4 Å². The van der Waals surface area contributed by atoms with Gasteiger partial charge in [-0.05, 0) is 13.5 Å². The Bertz CT molecular complexity index is 181. The first-order valence-corrected chi connectivity index (χ1v) is 4.00. The van der Waals surface area contributed by atoms with Crippen LogP contribution < -0.4 is 11.5 Å². The number of rotatable bonds is 4. The molecule has 0 heterocycles. The molecule has 0 radical (unpaired) electrons. The van der Waals surface area contributed by atoms with Gasteiger partial charge in [-0.2, -0.15) is 0 Å². The van der Waals surface area contributed by atoms with Gasteiger partial charge in [0.1, 0.15) is 17.1 Å². The molecule has 0 aromatic heterocycles. The summed E-state index contributed by atoms with van der Waals surface area (Å²) < 4.78 is 24.2. The lowest BCUT2D eigenvalue weighted by molar-refractivity contribution is 0.372. The number of hydrogen-bond acceptors (Lipinski definition) is 5. The van der Waals surface area contributed by atoms with Gasteiger partial charge in [0, 0.05) is 12.1 Å². The Kier molecular flexibility index (Phi) is 4.84. The second-order valence-electron chi connectivity index (χ2n) is 1.91. The van der Waals surface area contributed by atoms with Gasteiger partial charge in [-0.1, -0.05) is 0 Å². The summed E-state index contributed by atoms with van der Waals surface area (Å²) in [6, 6.07) is 0. The van der Waals surface area contributed by atoms with Crippen LogP contribution in [0.4, 0.5) is 0 Å². The van der Waals surface area contributed by atoms with Crippen molar-refractivity contribution in [1.82, 2.24) is 0 Å². The smallest absolute Gasteiger partial charge is 0.139 e. The van der Waals surface area contributed by atoms with E-state index >= 15 is 0 Å². The molecule has 0 aliphatic heterocycles. The van der Waals surface area contributed by atoms with Crippen LogP contribution in [0.1, 0.15) is 13.3 Å².